The quantitative estimate of drug-likeness (QED) is 0.603. The highest BCUT2D eigenvalue weighted by Crippen LogP contribution is 2.35. The lowest BCUT2D eigenvalue weighted by Crippen LogP contribution is -2.39. The van der Waals surface area contributed by atoms with Crippen LogP contribution in [0, 0.1) is 5.92 Å². The minimum Gasteiger partial charge on any atom is -0.451 e. The van der Waals surface area contributed by atoms with E-state index in [0.29, 0.717) is 23.8 Å². The third kappa shape index (κ3) is 5.10. The summed E-state index contributed by atoms with van der Waals surface area (Å²) in [6.07, 6.45) is 3.21. The summed E-state index contributed by atoms with van der Waals surface area (Å²) in [7, 11) is -4.38. The zero-order valence-corrected chi connectivity index (χ0v) is 17.3. The minimum atomic E-state index is -4.38. The number of nitrogens with zero attached hydrogens (tertiary/aromatic N) is 1. The fourth-order valence-electron chi connectivity index (χ4n) is 3.92. The fourth-order valence-corrected chi connectivity index (χ4v) is 4.42. The van der Waals surface area contributed by atoms with Crippen LogP contribution in [0.1, 0.15) is 18.4 Å². The standard InChI is InChI=1S/C21H25N3O5S/c25-20(14-24-10-8-16(9-11-24)12-15-4-2-1-3-5-15)22-17-6-7-18-19(13-17)29-21(23-18)30(26,27)28/h1-7,13,16,21,23H,8-12,14H2,(H,22,25)(H,26,27,28). The number of carbonyl (C=O) groups excluding carboxylic acids is 1. The Bertz CT molecular complexity index is 1000. The van der Waals surface area contributed by atoms with Gasteiger partial charge in [0.15, 0.2) is 0 Å². The summed E-state index contributed by atoms with van der Waals surface area (Å²) in [6, 6.07) is 15.3. The molecule has 2 aliphatic rings. The number of benzene rings is 2. The van der Waals surface area contributed by atoms with Crippen molar-refractivity contribution in [3.63, 3.8) is 0 Å². The molecule has 2 heterocycles. The molecule has 30 heavy (non-hydrogen) atoms. The van der Waals surface area contributed by atoms with Gasteiger partial charge in [0, 0.05) is 11.8 Å². The smallest absolute Gasteiger partial charge is 0.323 e. The Morgan fingerprint density at radius 2 is 1.90 bits per heavy atom. The number of anilines is 2. The summed E-state index contributed by atoms with van der Waals surface area (Å²) in [6.45, 7) is 2.08. The molecule has 0 aliphatic carbocycles. The predicted octanol–water partition coefficient (Wildman–Crippen LogP) is 2.56. The van der Waals surface area contributed by atoms with Crippen molar-refractivity contribution >= 4 is 27.4 Å². The van der Waals surface area contributed by atoms with Crippen LogP contribution in [0.5, 0.6) is 5.75 Å². The Labute approximate surface area is 176 Å². The van der Waals surface area contributed by atoms with E-state index < -0.39 is 15.7 Å². The van der Waals surface area contributed by atoms with Crippen LogP contribution in [0.3, 0.4) is 0 Å². The highest BCUT2D eigenvalue weighted by molar-refractivity contribution is 7.86. The van der Waals surface area contributed by atoms with Crippen LogP contribution in [0.4, 0.5) is 11.4 Å². The summed E-state index contributed by atoms with van der Waals surface area (Å²) in [5.74, 6) is 0.773. The predicted molar refractivity (Wildman–Crippen MR) is 114 cm³/mol. The van der Waals surface area contributed by atoms with E-state index in [-0.39, 0.29) is 11.7 Å². The number of rotatable bonds is 6. The Hall–Kier alpha value is -2.62. The van der Waals surface area contributed by atoms with Gasteiger partial charge in [0.25, 0.3) is 5.56 Å². The van der Waals surface area contributed by atoms with Crippen molar-refractivity contribution < 1.29 is 22.5 Å². The molecule has 0 bridgehead atoms. The molecule has 2 aromatic rings. The zero-order valence-electron chi connectivity index (χ0n) is 16.5. The molecule has 3 N–H and O–H groups in total. The first kappa shape index (κ1) is 20.6. The maximum Gasteiger partial charge on any atom is 0.323 e. The van der Waals surface area contributed by atoms with Gasteiger partial charge >= 0.3 is 10.1 Å². The van der Waals surface area contributed by atoms with E-state index >= 15 is 0 Å². The fraction of sp³-hybridized carbons (Fsp3) is 0.381. The average Bonchev–Trinajstić information content (AvgIpc) is 3.14. The van der Waals surface area contributed by atoms with Crippen molar-refractivity contribution in [1.82, 2.24) is 4.90 Å². The van der Waals surface area contributed by atoms with Crippen molar-refractivity contribution in [2.75, 3.05) is 30.3 Å². The molecule has 9 heteroatoms. The monoisotopic (exact) mass is 431 g/mol. The van der Waals surface area contributed by atoms with Gasteiger partial charge in [-0.1, -0.05) is 30.3 Å². The highest BCUT2D eigenvalue weighted by Gasteiger charge is 2.32. The number of hydrogen-bond acceptors (Lipinski definition) is 6. The molecule has 4 rings (SSSR count). The Morgan fingerprint density at radius 1 is 1.17 bits per heavy atom. The van der Waals surface area contributed by atoms with Crippen molar-refractivity contribution in [3.8, 4) is 5.75 Å². The topological polar surface area (TPSA) is 108 Å². The number of hydrogen-bond donors (Lipinski definition) is 3. The highest BCUT2D eigenvalue weighted by atomic mass is 32.2. The molecule has 0 aromatic heterocycles. The SMILES string of the molecule is O=C(CN1CCC(Cc2ccccc2)CC1)Nc1ccc2c(c1)OC(S(=O)(=O)O)N2. The van der Waals surface area contributed by atoms with Gasteiger partial charge < -0.3 is 15.4 Å². The van der Waals surface area contributed by atoms with Crippen LogP contribution < -0.4 is 15.4 Å². The van der Waals surface area contributed by atoms with Gasteiger partial charge in [-0.3, -0.25) is 14.2 Å². The van der Waals surface area contributed by atoms with Crippen LogP contribution in [0.25, 0.3) is 0 Å². The number of nitrogens with one attached hydrogen (secondary N) is 2. The van der Waals surface area contributed by atoms with Gasteiger partial charge in [0.05, 0.1) is 12.2 Å². The van der Waals surface area contributed by atoms with Crippen molar-refractivity contribution in [3.05, 3.63) is 54.1 Å². The Kier molecular flexibility index (Phi) is 5.94. The maximum absolute atomic E-state index is 12.4. The molecule has 0 spiro atoms. The molecule has 160 valence electrons. The molecule has 1 amide bonds. The molecule has 1 unspecified atom stereocenters. The first-order valence-corrected chi connectivity index (χ1v) is 11.5. The van der Waals surface area contributed by atoms with E-state index in [1.165, 1.54) is 11.6 Å². The van der Waals surface area contributed by atoms with Gasteiger partial charge in [-0.15, -0.1) is 0 Å². The number of likely N-dealkylation sites (tertiary alicyclic amines) is 1. The lowest BCUT2D eigenvalue weighted by atomic mass is 9.90. The van der Waals surface area contributed by atoms with E-state index in [1.807, 2.05) is 6.07 Å². The second kappa shape index (κ2) is 8.63. The Morgan fingerprint density at radius 3 is 2.60 bits per heavy atom. The molecule has 0 radical (unpaired) electrons. The number of amides is 1. The first-order chi connectivity index (χ1) is 14.4. The molecule has 1 atom stereocenters. The van der Waals surface area contributed by atoms with Gasteiger partial charge in [-0.05, 0) is 56.0 Å². The molecular formula is C21H25N3O5S. The van der Waals surface area contributed by atoms with E-state index in [1.54, 1.807) is 12.1 Å². The largest absolute Gasteiger partial charge is 0.451 e. The van der Waals surface area contributed by atoms with E-state index in [4.69, 9.17) is 9.29 Å². The van der Waals surface area contributed by atoms with Gasteiger partial charge in [0.1, 0.15) is 5.75 Å². The molecule has 2 aromatic carbocycles. The third-order valence-electron chi connectivity index (χ3n) is 5.48. The molecule has 0 saturated carbocycles. The summed E-state index contributed by atoms with van der Waals surface area (Å²) in [5, 5.41) is 5.38. The summed E-state index contributed by atoms with van der Waals surface area (Å²) in [5.41, 5.74) is 0.778. The lowest BCUT2D eigenvalue weighted by molar-refractivity contribution is -0.117. The van der Waals surface area contributed by atoms with Crippen LogP contribution in [0.15, 0.2) is 48.5 Å². The summed E-state index contributed by atoms with van der Waals surface area (Å²) < 4.78 is 36.7. The maximum atomic E-state index is 12.4. The van der Waals surface area contributed by atoms with E-state index in [2.05, 4.69) is 39.8 Å². The second-order valence-corrected chi connectivity index (χ2v) is 9.24. The van der Waals surface area contributed by atoms with Gasteiger partial charge in [0.2, 0.25) is 5.91 Å². The summed E-state index contributed by atoms with van der Waals surface area (Å²) >= 11 is 0. The molecule has 8 nitrogen and oxygen atoms in total. The number of fused-ring (bicyclic) bond motifs is 1. The van der Waals surface area contributed by atoms with Gasteiger partial charge in [-0.2, -0.15) is 8.42 Å². The Balaban J connectivity index is 1.25. The van der Waals surface area contributed by atoms with Gasteiger partial charge in [-0.25, -0.2) is 0 Å². The zero-order chi connectivity index (χ0) is 21.1. The first-order valence-electron chi connectivity index (χ1n) is 9.96. The van der Waals surface area contributed by atoms with Crippen LogP contribution in [-0.4, -0.2) is 49.0 Å². The molecule has 2 aliphatic heterocycles. The van der Waals surface area contributed by atoms with Crippen molar-refractivity contribution in [2.24, 2.45) is 5.92 Å². The minimum absolute atomic E-state index is 0.131. The van der Waals surface area contributed by atoms with Crippen LogP contribution in [-0.2, 0) is 21.3 Å². The van der Waals surface area contributed by atoms with Crippen molar-refractivity contribution in [2.45, 2.75) is 24.8 Å². The lowest BCUT2D eigenvalue weighted by Gasteiger charge is -2.31. The second-order valence-electron chi connectivity index (χ2n) is 7.78. The third-order valence-corrected chi connectivity index (χ3v) is 6.24. The molecular weight excluding hydrogens is 406 g/mol. The van der Waals surface area contributed by atoms with Crippen LogP contribution >= 0.6 is 0 Å². The molecule has 1 fully saturated rings. The van der Waals surface area contributed by atoms with Crippen LogP contribution in [0.2, 0.25) is 0 Å². The number of piperidine rings is 1. The van der Waals surface area contributed by atoms with Crippen molar-refractivity contribution in [1.29, 1.82) is 0 Å². The summed E-state index contributed by atoms with van der Waals surface area (Å²) in [4.78, 5) is 14.6. The van der Waals surface area contributed by atoms with E-state index in [0.717, 1.165) is 32.4 Å². The number of carbonyl (C=O) groups is 1. The normalized spacial score (nSPS) is 19.6. The molecule has 1 saturated heterocycles. The van der Waals surface area contributed by atoms with E-state index in [9.17, 15) is 13.2 Å². The average molecular weight is 432 g/mol. The number of ether oxygens (including phenoxy) is 1.